The maximum absolute atomic E-state index is 9.44. The van der Waals surface area contributed by atoms with Crippen LogP contribution in [0, 0.1) is 0 Å². The van der Waals surface area contributed by atoms with Crippen LogP contribution in [0.15, 0.2) is 18.7 Å². The Morgan fingerprint density at radius 3 is 2.35 bits per heavy atom. The van der Waals surface area contributed by atoms with Gasteiger partial charge in [0.1, 0.15) is 0 Å². The SMILES string of the molecule is C=C(C)c1cc(CC)c(CCCC)cc1CO. The van der Waals surface area contributed by atoms with Crippen molar-refractivity contribution in [3.05, 3.63) is 41.0 Å². The largest absolute Gasteiger partial charge is 0.392 e. The molecule has 1 aromatic carbocycles. The van der Waals surface area contributed by atoms with Crippen molar-refractivity contribution < 1.29 is 5.11 Å². The molecule has 0 aliphatic carbocycles. The van der Waals surface area contributed by atoms with Crippen LogP contribution in [-0.2, 0) is 19.4 Å². The monoisotopic (exact) mass is 232 g/mol. The fourth-order valence-corrected chi connectivity index (χ4v) is 2.20. The van der Waals surface area contributed by atoms with Gasteiger partial charge < -0.3 is 5.11 Å². The van der Waals surface area contributed by atoms with Gasteiger partial charge in [0.15, 0.2) is 0 Å². The highest BCUT2D eigenvalue weighted by molar-refractivity contribution is 5.66. The average Bonchev–Trinajstić information content (AvgIpc) is 2.34. The first-order valence-corrected chi connectivity index (χ1v) is 6.55. The lowest BCUT2D eigenvalue weighted by Crippen LogP contribution is -2.00. The molecule has 0 aliphatic heterocycles. The van der Waals surface area contributed by atoms with E-state index >= 15 is 0 Å². The van der Waals surface area contributed by atoms with Gasteiger partial charge in [0.05, 0.1) is 6.61 Å². The van der Waals surface area contributed by atoms with E-state index in [2.05, 4.69) is 32.6 Å². The minimum absolute atomic E-state index is 0.102. The molecule has 0 amide bonds. The van der Waals surface area contributed by atoms with E-state index < -0.39 is 0 Å². The third-order valence-electron chi connectivity index (χ3n) is 3.24. The molecule has 94 valence electrons. The van der Waals surface area contributed by atoms with Gasteiger partial charge in [-0.15, -0.1) is 0 Å². The van der Waals surface area contributed by atoms with Crippen molar-refractivity contribution in [2.24, 2.45) is 0 Å². The van der Waals surface area contributed by atoms with E-state index in [0.717, 1.165) is 29.5 Å². The second kappa shape index (κ2) is 6.61. The first-order valence-electron chi connectivity index (χ1n) is 6.55. The van der Waals surface area contributed by atoms with Crippen LogP contribution in [0.25, 0.3) is 5.57 Å². The fraction of sp³-hybridized carbons (Fsp3) is 0.500. The van der Waals surface area contributed by atoms with Crippen LogP contribution < -0.4 is 0 Å². The Bertz CT molecular complexity index is 391. The molecule has 0 atom stereocenters. The third-order valence-corrected chi connectivity index (χ3v) is 3.24. The predicted molar refractivity (Wildman–Crippen MR) is 75.1 cm³/mol. The molecule has 0 saturated carbocycles. The van der Waals surface area contributed by atoms with Crippen molar-refractivity contribution in [2.75, 3.05) is 0 Å². The summed E-state index contributed by atoms with van der Waals surface area (Å²) in [5.41, 5.74) is 5.95. The molecule has 0 heterocycles. The molecular formula is C16H24O. The topological polar surface area (TPSA) is 20.2 Å². The number of benzene rings is 1. The van der Waals surface area contributed by atoms with Gasteiger partial charge >= 0.3 is 0 Å². The fourth-order valence-electron chi connectivity index (χ4n) is 2.20. The quantitative estimate of drug-likeness (QED) is 0.782. The molecule has 0 aromatic heterocycles. The first-order chi connectivity index (χ1) is 8.13. The second-order valence-electron chi connectivity index (χ2n) is 4.67. The minimum atomic E-state index is 0.102. The normalized spacial score (nSPS) is 10.6. The molecule has 1 heteroatoms. The van der Waals surface area contributed by atoms with E-state index in [1.807, 2.05) is 6.92 Å². The number of allylic oxidation sites excluding steroid dienone is 1. The summed E-state index contributed by atoms with van der Waals surface area (Å²) in [6, 6.07) is 4.37. The summed E-state index contributed by atoms with van der Waals surface area (Å²) in [5.74, 6) is 0. The van der Waals surface area contributed by atoms with Gasteiger partial charge in [0, 0.05) is 0 Å². The molecule has 1 nitrogen and oxygen atoms in total. The number of rotatable bonds is 6. The third kappa shape index (κ3) is 3.44. The van der Waals surface area contributed by atoms with Gasteiger partial charge in [0.25, 0.3) is 0 Å². The lowest BCUT2D eigenvalue weighted by atomic mass is 9.92. The summed E-state index contributed by atoms with van der Waals surface area (Å²) in [7, 11) is 0. The second-order valence-corrected chi connectivity index (χ2v) is 4.67. The van der Waals surface area contributed by atoms with Crippen molar-refractivity contribution in [1.82, 2.24) is 0 Å². The molecular weight excluding hydrogens is 208 g/mol. The van der Waals surface area contributed by atoms with Crippen molar-refractivity contribution in [2.45, 2.75) is 53.1 Å². The highest BCUT2D eigenvalue weighted by atomic mass is 16.3. The standard InChI is InChI=1S/C16H24O/c1-5-7-8-14-9-15(11-17)16(12(3)4)10-13(14)6-2/h9-10,17H,3,5-8,11H2,1-2,4H3. The highest BCUT2D eigenvalue weighted by Crippen LogP contribution is 2.24. The molecule has 17 heavy (non-hydrogen) atoms. The summed E-state index contributed by atoms with van der Waals surface area (Å²) in [5, 5.41) is 9.44. The molecule has 0 fully saturated rings. The molecule has 1 aromatic rings. The Hall–Kier alpha value is -1.08. The summed E-state index contributed by atoms with van der Waals surface area (Å²) in [4.78, 5) is 0. The molecule has 0 radical (unpaired) electrons. The molecule has 0 spiro atoms. The molecule has 1 rings (SSSR count). The summed E-state index contributed by atoms with van der Waals surface area (Å²) >= 11 is 0. The number of aliphatic hydroxyl groups excluding tert-OH is 1. The van der Waals surface area contributed by atoms with Gasteiger partial charge in [0.2, 0.25) is 0 Å². The van der Waals surface area contributed by atoms with Crippen LogP contribution in [0.5, 0.6) is 0 Å². The Morgan fingerprint density at radius 2 is 1.88 bits per heavy atom. The Morgan fingerprint density at radius 1 is 1.18 bits per heavy atom. The van der Waals surface area contributed by atoms with Crippen molar-refractivity contribution in [1.29, 1.82) is 0 Å². The van der Waals surface area contributed by atoms with Crippen molar-refractivity contribution >= 4 is 5.57 Å². The summed E-state index contributed by atoms with van der Waals surface area (Å²) in [6.07, 6.45) is 4.58. The number of unbranched alkanes of at least 4 members (excludes halogenated alkanes) is 1. The zero-order valence-electron chi connectivity index (χ0n) is 11.3. The maximum atomic E-state index is 9.44. The average molecular weight is 232 g/mol. The molecule has 0 saturated heterocycles. The van der Waals surface area contributed by atoms with Crippen molar-refractivity contribution in [3.63, 3.8) is 0 Å². The summed E-state index contributed by atoms with van der Waals surface area (Å²) < 4.78 is 0. The van der Waals surface area contributed by atoms with Crippen LogP contribution in [0.2, 0.25) is 0 Å². The molecule has 0 unspecified atom stereocenters. The molecule has 0 bridgehead atoms. The number of aliphatic hydroxyl groups is 1. The van der Waals surface area contributed by atoms with E-state index in [4.69, 9.17) is 0 Å². The Balaban J connectivity index is 3.17. The Labute approximate surface area is 105 Å². The maximum Gasteiger partial charge on any atom is 0.0687 e. The zero-order valence-corrected chi connectivity index (χ0v) is 11.3. The highest BCUT2D eigenvalue weighted by Gasteiger charge is 2.08. The van der Waals surface area contributed by atoms with Crippen molar-refractivity contribution in [3.8, 4) is 0 Å². The molecule has 1 N–H and O–H groups in total. The van der Waals surface area contributed by atoms with Gasteiger partial charge in [-0.2, -0.15) is 0 Å². The lowest BCUT2D eigenvalue weighted by molar-refractivity contribution is 0.281. The minimum Gasteiger partial charge on any atom is -0.392 e. The number of hydrogen-bond acceptors (Lipinski definition) is 1. The lowest BCUT2D eigenvalue weighted by Gasteiger charge is -2.14. The van der Waals surface area contributed by atoms with Gasteiger partial charge in [-0.05, 0) is 48.4 Å². The number of hydrogen-bond donors (Lipinski definition) is 1. The zero-order chi connectivity index (χ0) is 12.8. The summed E-state index contributed by atoms with van der Waals surface area (Å²) in [6.45, 7) is 10.5. The van der Waals surface area contributed by atoms with Crippen LogP contribution in [-0.4, -0.2) is 5.11 Å². The van der Waals surface area contributed by atoms with Gasteiger partial charge in [-0.1, -0.05) is 44.6 Å². The Kier molecular flexibility index (Phi) is 5.43. The van der Waals surface area contributed by atoms with Gasteiger partial charge in [-0.3, -0.25) is 0 Å². The molecule has 0 aliphatic rings. The van der Waals surface area contributed by atoms with Crippen LogP contribution >= 0.6 is 0 Å². The van der Waals surface area contributed by atoms with E-state index in [1.165, 1.54) is 24.0 Å². The predicted octanol–water partition coefficient (Wildman–Crippen LogP) is 4.12. The van der Waals surface area contributed by atoms with E-state index in [9.17, 15) is 5.11 Å². The van der Waals surface area contributed by atoms with Crippen LogP contribution in [0.3, 0.4) is 0 Å². The van der Waals surface area contributed by atoms with E-state index in [0.29, 0.717) is 0 Å². The van der Waals surface area contributed by atoms with Gasteiger partial charge in [-0.25, -0.2) is 0 Å². The van der Waals surface area contributed by atoms with E-state index in [1.54, 1.807) is 0 Å². The van der Waals surface area contributed by atoms with Crippen LogP contribution in [0.1, 0.15) is 55.9 Å². The first kappa shape index (κ1) is 14.0. The van der Waals surface area contributed by atoms with Crippen LogP contribution in [0.4, 0.5) is 0 Å². The van der Waals surface area contributed by atoms with E-state index in [-0.39, 0.29) is 6.61 Å². The number of aryl methyl sites for hydroxylation is 2. The smallest absolute Gasteiger partial charge is 0.0687 e.